The molecule has 1 heterocycles. The third kappa shape index (κ3) is 4.17. The van der Waals surface area contributed by atoms with Gasteiger partial charge in [-0.2, -0.15) is 0 Å². The van der Waals surface area contributed by atoms with Crippen LogP contribution in [0.3, 0.4) is 0 Å². The first kappa shape index (κ1) is 14.2. The lowest BCUT2D eigenvalue weighted by Gasteiger charge is -2.05. The van der Waals surface area contributed by atoms with E-state index < -0.39 is 24.6 Å². The van der Waals surface area contributed by atoms with Gasteiger partial charge < -0.3 is 9.47 Å². The van der Waals surface area contributed by atoms with Gasteiger partial charge in [-0.3, -0.25) is 10.1 Å². The Balaban J connectivity index is 2.37. The van der Waals surface area contributed by atoms with Gasteiger partial charge in [0.25, 0.3) is 5.91 Å². The minimum atomic E-state index is -0.856. The van der Waals surface area contributed by atoms with Crippen molar-refractivity contribution in [3.05, 3.63) is 21.9 Å². The van der Waals surface area contributed by atoms with E-state index >= 15 is 0 Å². The van der Waals surface area contributed by atoms with E-state index in [1.165, 1.54) is 11.3 Å². The summed E-state index contributed by atoms with van der Waals surface area (Å²) >= 11 is 1.23. The second-order valence-electron chi connectivity index (χ2n) is 3.28. The molecule has 1 N–H and O–H groups in total. The molecule has 98 valence electrons. The summed E-state index contributed by atoms with van der Waals surface area (Å²) in [6.07, 6.45) is -0.856. The van der Waals surface area contributed by atoms with Crippen LogP contribution in [0.4, 0.5) is 4.79 Å². The summed E-state index contributed by atoms with van der Waals surface area (Å²) in [7, 11) is 0. The molecule has 1 aromatic heterocycles. The van der Waals surface area contributed by atoms with Gasteiger partial charge >= 0.3 is 12.1 Å². The summed E-state index contributed by atoms with van der Waals surface area (Å²) in [5, 5.41) is 3.68. The molecule has 6 nitrogen and oxygen atoms in total. The molecule has 7 heteroatoms. The van der Waals surface area contributed by atoms with E-state index in [0.717, 1.165) is 5.56 Å². The van der Waals surface area contributed by atoms with Crippen LogP contribution in [0.25, 0.3) is 0 Å². The van der Waals surface area contributed by atoms with Crippen molar-refractivity contribution in [2.75, 3.05) is 13.2 Å². The lowest BCUT2D eigenvalue weighted by Crippen LogP contribution is -2.34. The molecular weight excluding hydrogens is 258 g/mol. The number of amides is 2. The van der Waals surface area contributed by atoms with Crippen LogP contribution in [-0.2, 0) is 14.3 Å². The van der Waals surface area contributed by atoms with Crippen molar-refractivity contribution >= 4 is 29.3 Å². The van der Waals surface area contributed by atoms with Crippen molar-refractivity contribution in [2.45, 2.75) is 13.8 Å². The van der Waals surface area contributed by atoms with Gasteiger partial charge in [-0.25, -0.2) is 9.59 Å². The van der Waals surface area contributed by atoms with Crippen LogP contribution < -0.4 is 5.32 Å². The number of nitrogens with one attached hydrogen (secondary N) is 1. The van der Waals surface area contributed by atoms with E-state index in [9.17, 15) is 14.4 Å². The molecule has 0 bridgehead atoms. The van der Waals surface area contributed by atoms with Crippen LogP contribution in [0.15, 0.2) is 11.4 Å². The van der Waals surface area contributed by atoms with Crippen molar-refractivity contribution in [1.29, 1.82) is 0 Å². The highest BCUT2D eigenvalue weighted by molar-refractivity contribution is 7.12. The Morgan fingerprint density at radius 1 is 1.33 bits per heavy atom. The highest BCUT2D eigenvalue weighted by Gasteiger charge is 2.15. The predicted octanol–water partition coefficient (Wildman–Crippen LogP) is 1.49. The first-order valence-electron chi connectivity index (χ1n) is 5.22. The molecule has 18 heavy (non-hydrogen) atoms. The normalized spacial score (nSPS) is 9.67. The van der Waals surface area contributed by atoms with Crippen molar-refractivity contribution in [2.24, 2.45) is 0 Å². The number of thiophene rings is 1. The van der Waals surface area contributed by atoms with Crippen molar-refractivity contribution < 1.29 is 23.9 Å². The van der Waals surface area contributed by atoms with Crippen molar-refractivity contribution in [1.82, 2.24) is 5.32 Å². The van der Waals surface area contributed by atoms with Crippen LogP contribution >= 0.6 is 11.3 Å². The number of rotatable bonds is 4. The topological polar surface area (TPSA) is 81.7 Å². The molecule has 2 amide bonds. The number of carbonyl (C=O) groups is 3. The van der Waals surface area contributed by atoms with Gasteiger partial charge in [0, 0.05) is 0 Å². The highest BCUT2D eigenvalue weighted by Crippen LogP contribution is 2.16. The van der Waals surface area contributed by atoms with E-state index in [1.807, 2.05) is 5.32 Å². The van der Waals surface area contributed by atoms with Crippen LogP contribution in [0.1, 0.15) is 22.2 Å². The van der Waals surface area contributed by atoms with Gasteiger partial charge in [0.2, 0.25) is 0 Å². The second-order valence-corrected chi connectivity index (χ2v) is 4.19. The Labute approximate surface area is 108 Å². The molecule has 0 saturated carbocycles. The first-order chi connectivity index (χ1) is 8.54. The molecule has 1 aromatic rings. The first-order valence-corrected chi connectivity index (χ1v) is 6.10. The smallest absolute Gasteiger partial charge is 0.413 e. The Hall–Kier alpha value is -1.89. The summed E-state index contributed by atoms with van der Waals surface area (Å²) in [6, 6.07) is 1.78. The Morgan fingerprint density at radius 2 is 2.06 bits per heavy atom. The van der Waals surface area contributed by atoms with Gasteiger partial charge in [-0.05, 0) is 30.9 Å². The summed E-state index contributed by atoms with van der Waals surface area (Å²) < 4.78 is 9.26. The SMILES string of the molecule is CCOC(=O)NC(=O)COC(=O)c1sccc1C. The molecular formula is C11H13NO5S. The van der Waals surface area contributed by atoms with Gasteiger partial charge in [0.15, 0.2) is 6.61 Å². The van der Waals surface area contributed by atoms with Gasteiger partial charge in [-0.1, -0.05) is 0 Å². The minimum absolute atomic E-state index is 0.160. The van der Waals surface area contributed by atoms with Gasteiger partial charge in [-0.15, -0.1) is 11.3 Å². The lowest BCUT2D eigenvalue weighted by atomic mass is 10.3. The fourth-order valence-corrected chi connectivity index (χ4v) is 1.91. The Morgan fingerprint density at radius 3 is 2.61 bits per heavy atom. The number of hydrogen-bond acceptors (Lipinski definition) is 6. The number of alkyl carbamates (subject to hydrolysis) is 1. The van der Waals surface area contributed by atoms with Crippen LogP contribution in [0.2, 0.25) is 0 Å². The predicted molar refractivity (Wildman–Crippen MR) is 64.5 cm³/mol. The molecule has 1 rings (SSSR count). The third-order valence-corrected chi connectivity index (χ3v) is 2.90. The molecule has 0 aliphatic rings. The zero-order valence-electron chi connectivity index (χ0n) is 10.0. The fraction of sp³-hybridized carbons (Fsp3) is 0.364. The van der Waals surface area contributed by atoms with Gasteiger partial charge in [0.1, 0.15) is 4.88 Å². The van der Waals surface area contributed by atoms with E-state index in [2.05, 4.69) is 4.74 Å². The molecule has 0 aliphatic heterocycles. The highest BCUT2D eigenvalue weighted by atomic mass is 32.1. The summed E-state index contributed by atoms with van der Waals surface area (Å²) in [6.45, 7) is 3.03. The quantitative estimate of drug-likeness (QED) is 0.839. The molecule has 0 fully saturated rings. The maximum absolute atomic E-state index is 11.5. The zero-order valence-corrected chi connectivity index (χ0v) is 10.8. The fourth-order valence-electron chi connectivity index (χ4n) is 1.10. The zero-order chi connectivity index (χ0) is 13.5. The number of ether oxygens (including phenoxy) is 2. The lowest BCUT2D eigenvalue weighted by molar-refractivity contribution is -0.123. The Bertz CT molecular complexity index is 454. The average molecular weight is 271 g/mol. The molecule has 0 saturated heterocycles. The number of esters is 1. The second kappa shape index (κ2) is 6.75. The van der Waals surface area contributed by atoms with E-state index in [-0.39, 0.29) is 6.61 Å². The molecule has 0 aromatic carbocycles. The standard InChI is InChI=1S/C11H13NO5S/c1-3-16-11(15)12-8(13)6-17-10(14)9-7(2)4-5-18-9/h4-5H,3,6H2,1-2H3,(H,12,13,15). The minimum Gasteiger partial charge on any atom is -0.451 e. The maximum atomic E-state index is 11.5. The summed E-state index contributed by atoms with van der Waals surface area (Å²) in [5.74, 6) is -1.31. The maximum Gasteiger partial charge on any atom is 0.413 e. The molecule has 0 atom stereocenters. The van der Waals surface area contributed by atoms with Crippen LogP contribution in [0.5, 0.6) is 0 Å². The van der Waals surface area contributed by atoms with Crippen LogP contribution in [-0.4, -0.2) is 31.2 Å². The van der Waals surface area contributed by atoms with E-state index in [0.29, 0.717) is 4.88 Å². The number of aryl methyl sites for hydroxylation is 1. The third-order valence-electron chi connectivity index (χ3n) is 1.90. The molecule has 0 aliphatic carbocycles. The van der Waals surface area contributed by atoms with Crippen molar-refractivity contribution in [3.63, 3.8) is 0 Å². The largest absolute Gasteiger partial charge is 0.451 e. The number of carbonyl (C=O) groups excluding carboxylic acids is 3. The number of imide groups is 1. The summed E-state index contributed by atoms with van der Waals surface area (Å²) in [4.78, 5) is 34.1. The molecule has 0 radical (unpaired) electrons. The van der Waals surface area contributed by atoms with Crippen LogP contribution in [0, 0.1) is 6.92 Å². The van der Waals surface area contributed by atoms with Gasteiger partial charge in [0.05, 0.1) is 6.61 Å². The van der Waals surface area contributed by atoms with E-state index in [1.54, 1.807) is 25.3 Å². The Kier molecular flexibility index (Phi) is 5.31. The van der Waals surface area contributed by atoms with Crippen molar-refractivity contribution in [3.8, 4) is 0 Å². The molecule has 0 spiro atoms. The monoisotopic (exact) mass is 271 g/mol. The molecule has 0 unspecified atom stereocenters. The average Bonchev–Trinajstić information content (AvgIpc) is 2.72. The summed E-state index contributed by atoms with van der Waals surface area (Å²) in [5.41, 5.74) is 0.788. The van der Waals surface area contributed by atoms with E-state index in [4.69, 9.17) is 4.74 Å². The number of hydrogen-bond donors (Lipinski definition) is 1.